The molecule has 2 amide bonds. The number of urea groups is 1. The Kier molecular flexibility index (Phi) is 2.95. The highest BCUT2D eigenvalue weighted by Gasteiger charge is 2.47. The van der Waals surface area contributed by atoms with Crippen LogP contribution < -0.4 is 10.9 Å². The van der Waals surface area contributed by atoms with Gasteiger partial charge in [-0.25, -0.2) is 22.9 Å². The first kappa shape index (κ1) is 12.2. The number of hydrogen-bond acceptors (Lipinski definition) is 4. The van der Waals surface area contributed by atoms with Crippen LogP contribution in [0.15, 0.2) is 0 Å². The Labute approximate surface area is 107 Å². The van der Waals surface area contributed by atoms with Crippen LogP contribution in [0.25, 0.3) is 0 Å². The van der Waals surface area contributed by atoms with Crippen LogP contribution in [-0.2, 0) is 10.0 Å². The Balaban J connectivity index is 1.84. The molecule has 8 heteroatoms. The first-order valence-electron chi connectivity index (χ1n) is 6.42. The van der Waals surface area contributed by atoms with Gasteiger partial charge in [-0.3, -0.25) is 5.43 Å². The Morgan fingerprint density at radius 1 is 1.11 bits per heavy atom. The fourth-order valence-electron chi connectivity index (χ4n) is 3.01. The van der Waals surface area contributed by atoms with E-state index in [2.05, 4.69) is 10.9 Å². The summed E-state index contributed by atoms with van der Waals surface area (Å²) in [6.45, 7) is 1.86. The third-order valence-corrected chi connectivity index (χ3v) is 6.31. The molecule has 0 bridgehead atoms. The molecule has 3 rings (SSSR count). The average molecular weight is 274 g/mol. The molecule has 0 aromatic carbocycles. The zero-order chi connectivity index (χ0) is 12.8. The molecule has 2 N–H and O–H groups in total. The molecule has 3 aliphatic rings. The van der Waals surface area contributed by atoms with Gasteiger partial charge in [-0.1, -0.05) is 0 Å². The van der Waals surface area contributed by atoms with Crippen molar-refractivity contribution >= 4 is 16.1 Å². The van der Waals surface area contributed by atoms with Crippen molar-refractivity contribution < 1.29 is 13.2 Å². The highest BCUT2D eigenvalue weighted by molar-refractivity contribution is 7.89. The lowest BCUT2D eigenvalue weighted by molar-refractivity contribution is 0.178. The zero-order valence-electron chi connectivity index (χ0n) is 10.1. The Morgan fingerprint density at radius 3 is 2.56 bits per heavy atom. The highest BCUT2D eigenvalue weighted by atomic mass is 32.2. The van der Waals surface area contributed by atoms with Crippen LogP contribution >= 0.6 is 0 Å². The van der Waals surface area contributed by atoms with Gasteiger partial charge in [-0.15, -0.1) is 0 Å². The number of piperidine rings is 1. The molecule has 3 fully saturated rings. The van der Waals surface area contributed by atoms with Gasteiger partial charge in [0.05, 0.1) is 0 Å². The van der Waals surface area contributed by atoms with Gasteiger partial charge in [-0.2, -0.15) is 0 Å². The van der Waals surface area contributed by atoms with Crippen LogP contribution in [0.3, 0.4) is 0 Å². The molecule has 0 aliphatic carbocycles. The monoisotopic (exact) mass is 274 g/mol. The Hall–Kier alpha value is -0.860. The maximum atomic E-state index is 12.6. The van der Waals surface area contributed by atoms with E-state index in [-0.39, 0.29) is 6.03 Å². The molecule has 7 nitrogen and oxygen atoms in total. The van der Waals surface area contributed by atoms with Gasteiger partial charge in [0.2, 0.25) is 10.0 Å². The van der Waals surface area contributed by atoms with Gasteiger partial charge in [0.1, 0.15) is 11.4 Å². The van der Waals surface area contributed by atoms with Crippen LogP contribution in [0, 0.1) is 0 Å². The summed E-state index contributed by atoms with van der Waals surface area (Å²) in [7, 11) is -3.30. The van der Waals surface area contributed by atoms with E-state index in [1.165, 1.54) is 0 Å². The molecule has 0 radical (unpaired) electrons. The van der Waals surface area contributed by atoms with E-state index in [1.54, 1.807) is 9.21 Å². The predicted molar refractivity (Wildman–Crippen MR) is 64.9 cm³/mol. The molecule has 2 unspecified atom stereocenters. The van der Waals surface area contributed by atoms with E-state index < -0.39 is 21.4 Å². The number of carbonyl (C=O) groups excluding carboxylic acids is 1. The van der Waals surface area contributed by atoms with Crippen molar-refractivity contribution in [2.75, 3.05) is 19.6 Å². The van der Waals surface area contributed by atoms with Crippen molar-refractivity contribution in [1.29, 1.82) is 0 Å². The van der Waals surface area contributed by atoms with Crippen LogP contribution in [0.2, 0.25) is 0 Å². The van der Waals surface area contributed by atoms with Crippen molar-refractivity contribution in [2.24, 2.45) is 0 Å². The maximum Gasteiger partial charge on any atom is 0.333 e. The Bertz CT molecular complexity index is 446. The minimum atomic E-state index is -3.30. The number of amides is 2. The van der Waals surface area contributed by atoms with Gasteiger partial charge in [0.15, 0.2) is 0 Å². The normalized spacial score (nSPS) is 33.6. The molecule has 3 heterocycles. The number of sulfonamides is 1. The van der Waals surface area contributed by atoms with Crippen LogP contribution in [0.1, 0.15) is 25.7 Å². The summed E-state index contributed by atoms with van der Waals surface area (Å²) in [5, 5.41) is -0.525. The smallest absolute Gasteiger partial charge is 0.305 e. The number of nitrogens with one attached hydrogen (secondary N) is 2. The zero-order valence-corrected chi connectivity index (χ0v) is 10.9. The van der Waals surface area contributed by atoms with Crippen molar-refractivity contribution in [1.82, 2.24) is 20.1 Å². The quantitative estimate of drug-likeness (QED) is 0.706. The van der Waals surface area contributed by atoms with Crippen LogP contribution in [0.5, 0.6) is 0 Å². The number of hydrogen-bond donors (Lipinski definition) is 2. The summed E-state index contributed by atoms with van der Waals surface area (Å²) < 4.78 is 26.7. The molecule has 3 saturated heterocycles. The molecule has 18 heavy (non-hydrogen) atoms. The third kappa shape index (κ3) is 1.79. The van der Waals surface area contributed by atoms with Gasteiger partial charge >= 0.3 is 6.03 Å². The van der Waals surface area contributed by atoms with Gasteiger partial charge < -0.3 is 4.90 Å². The number of fused-ring (bicyclic) bond motifs is 1. The van der Waals surface area contributed by atoms with Crippen molar-refractivity contribution in [3.63, 3.8) is 0 Å². The summed E-state index contributed by atoms with van der Waals surface area (Å²) in [6.07, 6.45) is 2.80. The largest absolute Gasteiger partial charge is 0.333 e. The number of hydrazine groups is 1. The van der Waals surface area contributed by atoms with Gasteiger partial charge in [-0.05, 0) is 25.7 Å². The second-order valence-corrected chi connectivity index (χ2v) is 7.20. The van der Waals surface area contributed by atoms with Crippen molar-refractivity contribution in [2.45, 2.75) is 37.1 Å². The second-order valence-electron chi connectivity index (χ2n) is 5.04. The van der Waals surface area contributed by atoms with E-state index in [0.29, 0.717) is 26.1 Å². The predicted octanol–water partition coefficient (Wildman–Crippen LogP) is -0.570. The number of nitrogens with zero attached hydrogens (tertiary/aromatic N) is 2. The van der Waals surface area contributed by atoms with Crippen LogP contribution in [-0.4, -0.2) is 54.7 Å². The van der Waals surface area contributed by atoms with E-state index in [9.17, 15) is 13.2 Å². The van der Waals surface area contributed by atoms with E-state index >= 15 is 0 Å². The summed E-state index contributed by atoms with van der Waals surface area (Å²) in [5.74, 6) is 0. The minimum absolute atomic E-state index is 0.221. The summed E-state index contributed by atoms with van der Waals surface area (Å²) in [4.78, 5) is 13.1. The SMILES string of the molecule is O=C1NNC2C(S(=O)(=O)N3CCCC3)CCCN12. The summed E-state index contributed by atoms with van der Waals surface area (Å²) in [6, 6.07) is -0.221. The molecular formula is C10H18N4O3S. The number of rotatable bonds is 2. The van der Waals surface area contributed by atoms with E-state index in [1.807, 2.05) is 0 Å². The fraction of sp³-hybridized carbons (Fsp3) is 0.900. The fourth-order valence-corrected chi connectivity index (χ4v) is 5.17. The molecule has 0 aromatic heterocycles. The maximum absolute atomic E-state index is 12.6. The molecule has 3 aliphatic heterocycles. The molecule has 102 valence electrons. The van der Waals surface area contributed by atoms with Crippen molar-refractivity contribution in [3.8, 4) is 0 Å². The molecule has 0 aromatic rings. The van der Waals surface area contributed by atoms with Crippen molar-refractivity contribution in [3.05, 3.63) is 0 Å². The lowest BCUT2D eigenvalue weighted by Gasteiger charge is -2.36. The molecule has 0 spiro atoms. The van der Waals surface area contributed by atoms with Crippen LogP contribution in [0.4, 0.5) is 4.79 Å². The van der Waals surface area contributed by atoms with E-state index in [0.717, 1.165) is 19.3 Å². The molecule has 0 saturated carbocycles. The molecule has 2 atom stereocenters. The first-order valence-corrected chi connectivity index (χ1v) is 7.92. The minimum Gasteiger partial charge on any atom is -0.305 e. The average Bonchev–Trinajstić information content (AvgIpc) is 2.99. The number of carbonyl (C=O) groups is 1. The first-order chi connectivity index (χ1) is 8.60. The highest BCUT2D eigenvalue weighted by Crippen LogP contribution is 2.28. The molecular weight excluding hydrogens is 256 g/mol. The Morgan fingerprint density at radius 2 is 1.83 bits per heavy atom. The van der Waals surface area contributed by atoms with E-state index in [4.69, 9.17) is 0 Å². The third-order valence-electron chi connectivity index (χ3n) is 3.97. The van der Waals surface area contributed by atoms with Gasteiger partial charge in [0.25, 0.3) is 0 Å². The topological polar surface area (TPSA) is 81.8 Å². The summed E-state index contributed by atoms with van der Waals surface area (Å²) >= 11 is 0. The standard InChI is InChI=1S/C10H18N4O3S/c15-10-12-11-9-8(4-3-7-14(9)10)18(16,17)13-5-1-2-6-13/h8-9,11H,1-7H2,(H,12,15). The lowest BCUT2D eigenvalue weighted by Crippen LogP contribution is -2.56. The summed E-state index contributed by atoms with van der Waals surface area (Å²) in [5.41, 5.74) is 5.32. The second kappa shape index (κ2) is 4.36. The lowest BCUT2D eigenvalue weighted by atomic mass is 10.1. The van der Waals surface area contributed by atoms with Gasteiger partial charge in [0, 0.05) is 19.6 Å².